The first-order chi connectivity index (χ1) is 10.8. The van der Waals surface area contributed by atoms with E-state index in [-0.39, 0.29) is 24.8 Å². The molecule has 2 aromatic rings. The standard InChI is InChI=1S/C16H22N6.2ClH/c1-21-10-8-18-16(21)14-4-5-15(20-19-14)22-9-6-13-12(11-22)3-2-7-17-13;;/h4-5,8,10,12-13,17H,2-3,6-7,9,11H2,1H3;2*1H/t12-,13+;;/m1../s1. The lowest BCUT2D eigenvalue weighted by atomic mass is 9.85. The summed E-state index contributed by atoms with van der Waals surface area (Å²) >= 11 is 0. The van der Waals surface area contributed by atoms with Gasteiger partial charge in [-0.2, -0.15) is 0 Å². The van der Waals surface area contributed by atoms with E-state index in [9.17, 15) is 0 Å². The molecule has 8 heteroatoms. The minimum absolute atomic E-state index is 0. The van der Waals surface area contributed by atoms with Crippen LogP contribution in [0.25, 0.3) is 11.5 Å². The molecule has 2 saturated heterocycles. The van der Waals surface area contributed by atoms with Gasteiger partial charge >= 0.3 is 0 Å². The van der Waals surface area contributed by atoms with Gasteiger partial charge in [-0.1, -0.05) is 0 Å². The maximum atomic E-state index is 4.44. The molecule has 2 aliphatic rings. The van der Waals surface area contributed by atoms with Gasteiger partial charge in [-0.25, -0.2) is 4.98 Å². The summed E-state index contributed by atoms with van der Waals surface area (Å²) in [5, 5.41) is 12.5. The Kier molecular flexibility index (Phi) is 6.43. The van der Waals surface area contributed by atoms with Crippen LogP contribution in [0.1, 0.15) is 19.3 Å². The highest BCUT2D eigenvalue weighted by molar-refractivity contribution is 5.85. The number of anilines is 1. The van der Waals surface area contributed by atoms with Crippen molar-refractivity contribution in [2.75, 3.05) is 24.5 Å². The summed E-state index contributed by atoms with van der Waals surface area (Å²) in [6.07, 6.45) is 7.52. The van der Waals surface area contributed by atoms with Crippen molar-refractivity contribution < 1.29 is 0 Å². The first kappa shape index (κ1) is 19.0. The smallest absolute Gasteiger partial charge is 0.160 e. The van der Waals surface area contributed by atoms with E-state index < -0.39 is 0 Å². The van der Waals surface area contributed by atoms with Crippen molar-refractivity contribution in [1.29, 1.82) is 0 Å². The van der Waals surface area contributed by atoms with Gasteiger partial charge in [0.05, 0.1) is 0 Å². The fraction of sp³-hybridized carbons (Fsp3) is 0.562. The van der Waals surface area contributed by atoms with Crippen LogP contribution in [0.5, 0.6) is 0 Å². The zero-order valence-corrected chi connectivity index (χ0v) is 15.4. The summed E-state index contributed by atoms with van der Waals surface area (Å²) in [5.74, 6) is 2.59. The molecule has 1 N–H and O–H groups in total. The molecule has 4 rings (SSSR count). The molecule has 0 spiro atoms. The number of hydrogen-bond acceptors (Lipinski definition) is 5. The number of piperidine rings is 2. The van der Waals surface area contributed by atoms with Crippen molar-refractivity contribution in [3.8, 4) is 11.5 Å². The summed E-state index contributed by atoms with van der Waals surface area (Å²) in [6.45, 7) is 3.33. The summed E-state index contributed by atoms with van der Waals surface area (Å²) in [5.41, 5.74) is 0.825. The topological polar surface area (TPSA) is 58.9 Å². The molecule has 0 unspecified atom stereocenters. The van der Waals surface area contributed by atoms with Crippen molar-refractivity contribution in [2.45, 2.75) is 25.3 Å². The number of nitrogens with zero attached hydrogens (tertiary/aromatic N) is 5. The molecular weight excluding hydrogens is 347 g/mol. The summed E-state index contributed by atoms with van der Waals surface area (Å²) < 4.78 is 1.96. The molecule has 2 aromatic heterocycles. The number of imidazole rings is 1. The predicted octanol–water partition coefficient (Wildman–Crippen LogP) is 2.30. The van der Waals surface area contributed by atoms with Crippen LogP contribution in [0.15, 0.2) is 24.5 Å². The lowest BCUT2D eigenvalue weighted by Gasteiger charge is -2.42. The quantitative estimate of drug-likeness (QED) is 0.878. The molecule has 2 aliphatic heterocycles. The van der Waals surface area contributed by atoms with Crippen LogP contribution in [-0.2, 0) is 7.05 Å². The SMILES string of the molecule is Cl.Cl.Cn1ccnc1-c1ccc(N2CC[C@@H]3NCCC[C@@H]3C2)nn1. The van der Waals surface area contributed by atoms with Gasteiger partial charge in [0.15, 0.2) is 11.6 Å². The molecule has 0 bridgehead atoms. The highest BCUT2D eigenvalue weighted by Gasteiger charge is 2.31. The largest absolute Gasteiger partial charge is 0.355 e. The summed E-state index contributed by atoms with van der Waals surface area (Å²) in [6, 6.07) is 4.80. The van der Waals surface area contributed by atoms with Gasteiger partial charge in [0.2, 0.25) is 0 Å². The minimum Gasteiger partial charge on any atom is -0.355 e. The summed E-state index contributed by atoms with van der Waals surface area (Å²) in [7, 11) is 1.97. The number of fused-ring (bicyclic) bond motifs is 1. The minimum atomic E-state index is 0. The van der Waals surface area contributed by atoms with E-state index in [0.717, 1.165) is 36.3 Å². The van der Waals surface area contributed by atoms with E-state index in [4.69, 9.17) is 0 Å². The average Bonchev–Trinajstić information content (AvgIpc) is 3.01. The maximum Gasteiger partial charge on any atom is 0.160 e. The average molecular weight is 371 g/mol. The van der Waals surface area contributed by atoms with Crippen LogP contribution in [-0.4, -0.2) is 45.4 Å². The maximum absolute atomic E-state index is 4.44. The van der Waals surface area contributed by atoms with Crippen LogP contribution in [0, 0.1) is 5.92 Å². The molecule has 4 heterocycles. The van der Waals surface area contributed by atoms with Gasteiger partial charge in [-0.15, -0.1) is 35.0 Å². The molecule has 6 nitrogen and oxygen atoms in total. The first-order valence-corrected chi connectivity index (χ1v) is 8.11. The van der Waals surface area contributed by atoms with Crippen LogP contribution in [0.4, 0.5) is 5.82 Å². The zero-order valence-electron chi connectivity index (χ0n) is 13.8. The molecule has 0 amide bonds. The van der Waals surface area contributed by atoms with E-state index in [1.807, 2.05) is 23.9 Å². The van der Waals surface area contributed by atoms with Crippen molar-refractivity contribution in [3.63, 3.8) is 0 Å². The molecule has 24 heavy (non-hydrogen) atoms. The number of nitrogens with one attached hydrogen (secondary N) is 1. The Hall–Kier alpha value is -1.37. The Balaban J connectivity index is 0.00000104. The Morgan fingerprint density at radius 3 is 2.75 bits per heavy atom. The van der Waals surface area contributed by atoms with E-state index in [2.05, 4.69) is 31.5 Å². The second kappa shape index (κ2) is 8.14. The molecule has 0 radical (unpaired) electrons. The molecule has 0 saturated carbocycles. The third kappa shape index (κ3) is 3.66. The fourth-order valence-corrected chi connectivity index (χ4v) is 3.68. The van der Waals surface area contributed by atoms with Crippen molar-refractivity contribution in [2.24, 2.45) is 13.0 Å². The highest BCUT2D eigenvalue weighted by atomic mass is 35.5. The predicted molar refractivity (Wildman–Crippen MR) is 100 cm³/mol. The van der Waals surface area contributed by atoms with E-state index in [1.165, 1.54) is 25.8 Å². The Morgan fingerprint density at radius 1 is 1.17 bits per heavy atom. The number of aryl methyl sites for hydroxylation is 1. The normalized spacial score (nSPS) is 23.0. The van der Waals surface area contributed by atoms with Gasteiger partial charge in [-0.05, 0) is 43.9 Å². The van der Waals surface area contributed by atoms with Crippen LogP contribution in [0.3, 0.4) is 0 Å². The number of aromatic nitrogens is 4. The van der Waals surface area contributed by atoms with E-state index >= 15 is 0 Å². The zero-order chi connectivity index (χ0) is 14.9. The monoisotopic (exact) mass is 370 g/mol. The second-order valence-corrected chi connectivity index (χ2v) is 6.34. The van der Waals surface area contributed by atoms with Crippen LogP contribution < -0.4 is 10.2 Å². The third-order valence-corrected chi connectivity index (χ3v) is 4.92. The molecular formula is C16H24Cl2N6. The Labute approximate surface area is 154 Å². The Morgan fingerprint density at radius 2 is 2.04 bits per heavy atom. The van der Waals surface area contributed by atoms with E-state index in [0.29, 0.717) is 6.04 Å². The first-order valence-electron chi connectivity index (χ1n) is 8.11. The van der Waals surface area contributed by atoms with Crippen LogP contribution >= 0.6 is 24.8 Å². The lowest BCUT2D eigenvalue weighted by Crippen LogP contribution is -2.52. The Bertz CT molecular complexity index is 644. The third-order valence-electron chi connectivity index (χ3n) is 4.92. The van der Waals surface area contributed by atoms with Crippen molar-refractivity contribution in [1.82, 2.24) is 25.1 Å². The van der Waals surface area contributed by atoms with Crippen LogP contribution in [0.2, 0.25) is 0 Å². The fourth-order valence-electron chi connectivity index (χ4n) is 3.68. The molecule has 2 atom stereocenters. The molecule has 0 aliphatic carbocycles. The molecule has 2 fully saturated rings. The van der Waals surface area contributed by atoms with Gasteiger partial charge in [-0.3, -0.25) is 0 Å². The number of halogens is 2. The van der Waals surface area contributed by atoms with Gasteiger partial charge in [0.1, 0.15) is 5.69 Å². The van der Waals surface area contributed by atoms with Gasteiger partial charge in [0.25, 0.3) is 0 Å². The van der Waals surface area contributed by atoms with E-state index in [1.54, 1.807) is 6.20 Å². The van der Waals surface area contributed by atoms with Crippen molar-refractivity contribution >= 4 is 30.6 Å². The molecule has 132 valence electrons. The number of rotatable bonds is 2. The summed E-state index contributed by atoms with van der Waals surface area (Å²) in [4.78, 5) is 6.70. The lowest BCUT2D eigenvalue weighted by molar-refractivity contribution is 0.243. The number of hydrogen-bond donors (Lipinski definition) is 1. The molecule has 0 aromatic carbocycles. The second-order valence-electron chi connectivity index (χ2n) is 6.34. The highest BCUT2D eigenvalue weighted by Crippen LogP contribution is 2.27. The van der Waals surface area contributed by atoms with Gasteiger partial charge < -0.3 is 14.8 Å². The van der Waals surface area contributed by atoms with Gasteiger partial charge in [0, 0.05) is 38.6 Å². The van der Waals surface area contributed by atoms with Crippen molar-refractivity contribution in [3.05, 3.63) is 24.5 Å².